The lowest BCUT2D eigenvalue weighted by Gasteiger charge is -2.12. The number of nitrogens with one attached hydrogen (secondary N) is 1. The van der Waals surface area contributed by atoms with E-state index in [1.807, 2.05) is 0 Å². The second-order valence-electron chi connectivity index (χ2n) is 7.00. The van der Waals surface area contributed by atoms with E-state index in [1.54, 1.807) is 37.3 Å². The summed E-state index contributed by atoms with van der Waals surface area (Å²) in [6.07, 6.45) is -4.88. The summed E-state index contributed by atoms with van der Waals surface area (Å²) in [4.78, 5) is 38.6. The minimum absolute atomic E-state index is 0.00736. The van der Waals surface area contributed by atoms with Crippen LogP contribution < -0.4 is 15.6 Å². The zero-order chi connectivity index (χ0) is 25.2. The first-order chi connectivity index (χ1) is 16.7. The summed E-state index contributed by atoms with van der Waals surface area (Å²) in [5, 5.41) is 8.64. The van der Waals surface area contributed by atoms with Gasteiger partial charge in [-0.3, -0.25) is 9.59 Å². The van der Waals surface area contributed by atoms with Crippen LogP contribution in [0.4, 0.5) is 18.2 Å². The smallest absolute Gasteiger partial charge is 0.461 e. The van der Waals surface area contributed by atoms with Crippen LogP contribution in [0.15, 0.2) is 64.8 Å². The van der Waals surface area contributed by atoms with Crippen LogP contribution in [0.1, 0.15) is 27.8 Å². The van der Waals surface area contributed by atoms with Crippen LogP contribution >= 0.6 is 11.3 Å². The summed E-state index contributed by atoms with van der Waals surface area (Å²) >= 11 is 1.02. The van der Waals surface area contributed by atoms with Crippen molar-refractivity contribution >= 4 is 39.0 Å². The number of fused-ring (bicyclic) bond motifs is 1. The molecular formula is C23H16F3N3O5S. The number of benzene rings is 2. The first-order valence-corrected chi connectivity index (χ1v) is 11.0. The van der Waals surface area contributed by atoms with E-state index < -0.39 is 29.5 Å². The number of esters is 1. The third-order valence-corrected chi connectivity index (χ3v) is 5.59. The summed E-state index contributed by atoms with van der Waals surface area (Å²) in [7, 11) is 0. The van der Waals surface area contributed by atoms with Crippen molar-refractivity contribution in [2.75, 3.05) is 11.9 Å². The van der Waals surface area contributed by atoms with E-state index >= 15 is 0 Å². The van der Waals surface area contributed by atoms with Gasteiger partial charge in [0.15, 0.2) is 5.69 Å². The number of carbonyl (C=O) groups excluding carboxylic acids is 2. The maximum Gasteiger partial charge on any atom is 0.573 e. The van der Waals surface area contributed by atoms with E-state index in [0.717, 1.165) is 28.2 Å². The van der Waals surface area contributed by atoms with Gasteiger partial charge in [-0.1, -0.05) is 18.2 Å². The molecule has 0 atom stereocenters. The number of thiophene rings is 1. The molecule has 2 heterocycles. The molecule has 180 valence electrons. The van der Waals surface area contributed by atoms with E-state index in [2.05, 4.69) is 15.2 Å². The molecule has 4 rings (SSSR count). The molecule has 1 amide bonds. The molecule has 0 unspecified atom stereocenters. The number of hydrogen-bond acceptors (Lipinski definition) is 7. The van der Waals surface area contributed by atoms with Gasteiger partial charge in [-0.15, -0.1) is 24.5 Å². The van der Waals surface area contributed by atoms with Crippen molar-refractivity contribution in [3.05, 3.63) is 81.6 Å². The molecule has 2 aromatic carbocycles. The van der Waals surface area contributed by atoms with Gasteiger partial charge in [0.2, 0.25) is 0 Å². The van der Waals surface area contributed by atoms with Crippen molar-refractivity contribution in [1.82, 2.24) is 9.78 Å². The second-order valence-corrected chi connectivity index (χ2v) is 7.88. The minimum Gasteiger partial charge on any atom is -0.461 e. The van der Waals surface area contributed by atoms with Gasteiger partial charge in [0.25, 0.3) is 11.5 Å². The lowest BCUT2D eigenvalue weighted by Crippen LogP contribution is -2.25. The number of carbonyl (C=O) groups is 2. The molecule has 0 fully saturated rings. The zero-order valence-electron chi connectivity index (χ0n) is 18.0. The Hall–Kier alpha value is -4.19. The van der Waals surface area contributed by atoms with Crippen LogP contribution in [0.2, 0.25) is 0 Å². The maximum absolute atomic E-state index is 13.4. The van der Waals surface area contributed by atoms with Crippen molar-refractivity contribution in [2.45, 2.75) is 13.3 Å². The fraction of sp³-hybridized carbons (Fsp3) is 0.130. The predicted molar refractivity (Wildman–Crippen MR) is 122 cm³/mol. The third-order valence-electron chi connectivity index (χ3n) is 4.70. The summed E-state index contributed by atoms with van der Waals surface area (Å²) < 4.78 is 47.2. The molecule has 0 aliphatic heterocycles. The number of hydrogen-bond donors (Lipinski definition) is 1. The number of nitrogens with zero attached hydrogens (tertiary/aromatic N) is 2. The van der Waals surface area contributed by atoms with E-state index in [1.165, 1.54) is 17.5 Å². The highest BCUT2D eigenvalue weighted by molar-refractivity contribution is 7.16. The average molecular weight is 503 g/mol. The van der Waals surface area contributed by atoms with Crippen LogP contribution in [0.25, 0.3) is 16.5 Å². The van der Waals surface area contributed by atoms with Crippen molar-refractivity contribution in [3.63, 3.8) is 0 Å². The summed E-state index contributed by atoms with van der Waals surface area (Å²) in [5.74, 6) is -1.77. The number of rotatable bonds is 6. The van der Waals surface area contributed by atoms with Crippen molar-refractivity contribution in [1.29, 1.82) is 0 Å². The number of amides is 1. The molecule has 2 aromatic heterocycles. The molecule has 0 aliphatic rings. The molecule has 1 N–H and O–H groups in total. The predicted octanol–water partition coefficient (Wildman–Crippen LogP) is 4.77. The Bertz CT molecular complexity index is 1450. The van der Waals surface area contributed by atoms with Gasteiger partial charge in [-0.2, -0.15) is 9.78 Å². The normalized spacial score (nSPS) is 11.3. The molecule has 8 nitrogen and oxygen atoms in total. The number of halogens is 3. The van der Waals surface area contributed by atoms with Gasteiger partial charge in [-0.25, -0.2) is 4.79 Å². The highest BCUT2D eigenvalue weighted by Crippen LogP contribution is 2.31. The number of anilines is 1. The second kappa shape index (κ2) is 9.58. The number of aromatic nitrogens is 2. The summed E-state index contributed by atoms with van der Waals surface area (Å²) in [6, 6.07) is 12.7. The molecule has 0 aliphatic carbocycles. The summed E-state index contributed by atoms with van der Waals surface area (Å²) in [5.41, 5.74) is -0.450. The fourth-order valence-electron chi connectivity index (χ4n) is 3.22. The van der Waals surface area contributed by atoms with Gasteiger partial charge < -0.3 is 14.8 Å². The molecule has 4 aromatic rings. The number of alkyl halides is 3. The molecule has 12 heteroatoms. The Balaban J connectivity index is 1.83. The van der Waals surface area contributed by atoms with Gasteiger partial charge in [0.1, 0.15) is 10.8 Å². The van der Waals surface area contributed by atoms with E-state index in [0.29, 0.717) is 5.56 Å². The van der Waals surface area contributed by atoms with Crippen molar-refractivity contribution in [2.24, 2.45) is 0 Å². The molecule has 0 radical (unpaired) electrons. The van der Waals surface area contributed by atoms with Crippen LogP contribution in [0.5, 0.6) is 5.75 Å². The van der Waals surface area contributed by atoms with Gasteiger partial charge in [-0.05, 0) is 43.3 Å². The highest BCUT2D eigenvalue weighted by atomic mass is 32.1. The molecule has 0 spiro atoms. The SMILES string of the molecule is CCOC(=O)c1nn(-c2ccc(OC(F)(F)F)cc2)c(=O)c2c(NC(=O)c3ccccc3)scc12. The van der Waals surface area contributed by atoms with Crippen molar-refractivity contribution < 1.29 is 32.2 Å². The topological polar surface area (TPSA) is 99.5 Å². The van der Waals surface area contributed by atoms with E-state index in [4.69, 9.17) is 4.74 Å². The Morgan fingerprint density at radius 3 is 2.40 bits per heavy atom. The lowest BCUT2D eigenvalue weighted by molar-refractivity contribution is -0.274. The molecule has 35 heavy (non-hydrogen) atoms. The van der Waals surface area contributed by atoms with E-state index in [9.17, 15) is 27.6 Å². The van der Waals surface area contributed by atoms with Crippen LogP contribution in [-0.2, 0) is 4.74 Å². The van der Waals surface area contributed by atoms with Gasteiger partial charge in [0.05, 0.1) is 17.7 Å². The van der Waals surface area contributed by atoms with Gasteiger partial charge in [0, 0.05) is 16.3 Å². The zero-order valence-corrected chi connectivity index (χ0v) is 18.8. The number of ether oxygens (including phenoxy) is 2. The lowest BCUT2D eigenvalue weighted by atomic mass is 10.2. The Morgan fingerprint density at radius 1 is 1.09 bits per heavy atom. The quantitative estimate of drug-likeness (QED) is 0.381. The van der Waals surface area contributed by atoms with Gasteiger partial charge >= 0.3 is 12.3 Å². The third kappa shape index (κ3) is 5.17. The first-order valence-electron chi connectivity index (χ1n) is 10.1. The Morgan fingerprint density at radius 2 is 1.77 bits per heavy atom. The Kier molecular flexibility index (Phi) is 6.56. The van der Waals surface area contributed by atoms with Crippen LogP contribution in [0, 0.1) is 0 Å². The minimum atomic E-state index is -4.88. The maximum atomic E-state index is 13.4. The van der Waals surface area contributed by atoms with Crippen LogP contribution in [0.3, 0.4) is 0 Å². The highest BCUT2D eigenvalue weighted by Gasteiger charge is 2.31. The fourth-order valence-corrected chi connectivity index (χ4v) is 4.15. The first kappa shape index (κ1) is 24.0. The largest absolute Gasteiger partial charge is 0.573 e. The standard InChI is InChI=1S/C23H16F3N3O5S/c1-2-33-22(32)18-16-12-35-20(27-19(30)13-6-4-3-5-7-13)17(16)21(31)29(28-18)14-8-10-15(11-9-14)34-23(24,25)26/h3-12H,2H2,1H3,(H,27,30). The molecule has 0 saturated heterocycles. The van der Waals surface area contributed by atoms with Crippen LogP contribution in [-0.4, -0.2) is 34.6 Å². The van der Waals surface area contributed by atoms with E-state index in [-0.39, 0.29) is 33.8 Å². The molecule has 0 saturated carbocycles. The van der Waals surface area contributed by atoms with Crippen molar-refractivity contribution in [3.8, 4) is 11.4 Å². The molecule has 0 bridgehead atoms. The monoisotopic (exact) mass is 503 g/mol. The summed E-state index contributed by atoms with van der Waals surface area (Å²) in [6.45, 7) is 1.65. The Labute approximate surface area is 199 Å². The molecular weight excluding hydrogens is 487 g/mol. The average Bonchev–Trinajstić information content (AvgIpc) is 3.24.